The highest BCUT2D eigenvalue weighted by atomic mass is 35.5. The van der Waals surface area contributed by atoms with Gasteiger partial charge in [-0.15, -0.1) is 0 Å². The van der Waals surface area contributed by atoms with E-state index in [4.69, 9.17) is 25.8 Å². The van der Waals surface area contributed by atoms with E-state index in [0.29, 0.717) is 44.8 Å². The standard InChI is InChI=1S/C33H26ClN3O7/c1-42-24-13-11-23(12-14-24)35-32(40)30(21-8-15-27-28(16-21)44-19-43-27)37(17-20-6-9-22(34)10-7-20)29(38)18-36-26-5-3-2-4-25(26)31(39)33(36)41/h2-16,30H,17-19H2,1H3,(H,35,40)/t30-/m0/s1. The zero-order valence-corrected chi connectivity index (χ0v) is 24.2. The largest absolute Gasteiger partial charge is 0.497 e. The minimum atomic E-state index is -1.18. The normalized spacial score (nSPS) is 13.8. The first kappa shape index (κ1) is 28.8. The number of carbonyl (C=O) groups is 4. The van der Waals surface area contributed by atoms with Gasteiger partial charge in [0.2, 0.25) is 12.7 Å². The van der Waals surface area contributed by atoms with Crippen LogP contribution in [0.1, 0.15) is 27.5 Å². The first-order valence-electron chi connectivity index (χ1n) is 13.7. The molecule has 4 aromatic carbocycles. The number of amides is 3. The number of methoxy groups -OCH3 is 1. The molecule has 1 N–H and O–H groups in total. The minimum absolute atomic E-state index is 0.0111. The number of rotatable bonds is 9. The van der Waals surface area contributed by atoms with Crippen LogP contribution >= 0.6 is 11.6 Å². The second kappa shape index (κ2) is 12.1. The van der Waals surface area contributed by atoms with Gasteiger partial charge in [0.25, 0.3) is 17.6 Å². The number of halogens is 1. The Kier molecular flexibility index (Phi) is 7.91. The molecule has 0 saturated carbocycles. The van der Waals surface area contributed by atoms with Gasteiger partial charge >= 0.3 is 0 Å². The third-order valence-electron chi connectivity index (χ3n) is 7.39. The highest BCUT2D eigenvalue weighted by molar-refractivity contribution is 6.52. The van der Waals surface area contributed by atoms with Gasteiger partial charge in [-0.25, -0.2) is 0 Å². The molecule has 0 fully saturated rings. The van der Waals surface area contributed by atoms with Crippen LogP contribution in [0.25, 0.3) is 0 Å². The molecule has 2 heterocycles. The lowest BCUT2D eigenvalue weighted by Gasteiger charge is -2.33. The Morgan fingerprint density at radius 1 is 0.955 bits per heavy atom. The van der Waals surface area contributed by atoms with Gasteiger partial charge in [-0.1, -0.05) is 41.9 Å². The number of carbonyl (C=O) groups excluding carboxylic acids is 4. The summed E-state index contributed by atoms with van der Waals surface area (Å²) < 4.78 is 16.3. The second-order valence-electron chi connectivity index (χ2n) is 10.1. The van der Waals surface area contributed by atoms with Gasteiger partial charge in [-0.3, -0.25) is 24.1 Å². The van der Waals surface area contributed by atoms with Crippen molar-refractivity contribution in [2.24, 2.45) is 0 Å². The van der Waals surface area contributed by atoms with Crippen LogP contribution in [0.5, 0.6) is 17.2 Å². The van der Waals surface area contributed by atoms with E-state index in [1.807, 2.05) is 0 Å². The van der Waals surface area contributed by atoms with Crippen molar-refractivity contribution in [1.82, 2.24) is 4.90 Å². The maximum Gasteiger partial charge on any atom is 0.299 e. The fraction of sp³-hybridized carbons (Fsp3) is 0.152. The number of para-hydroxylation sites is 1. The SMILES string of the molecule is COc1ccc(NC(=O)[C@H](c2ccc3c(c2)OCO3)N(Cc2ccc(Cl)cc2)C(=O)CN2C(=O)C(=O)c3ccccc32)cc1. The number of fused-ring (bicyclic) bond motifs is 2. The Labute approximate surface area is 257 Å². The summed E-state index contributed by atoms with van der Waals surface area (Å²) in [6.45, 7) is -0.450. The summed E-state index contributed by atoms with van der Waals surface area (Å²) in [7, 11) is 1.54. The molecule has 0 aromatic heterocycles. The molecule has 0 radical (unpaired) electrons. The van der Waals surface area contributed by atoms with Gasteiger partial charge in [0.05, 0.1) is 18.4 Å². The average molecular weight is 612 g/mol. The highest BCUT2D eigenvalue weighted by Gasteiger charge is 2.39. The topological polar surface area (TPSA) is 114 Å². The van der Waals surface area contributed by atoms with Crippen molar-refractivity contribution < 1.29 is 33.4 Å². The lowest BCUT2D eigenvalue weighted by molar-refractivity contribution is -0.139. The molecule has 44 heavy (non-hydrogen) atoms. The molecule has 1 atom stereocenters. The smallest absolute Gasteiger partial charge is 0.299 e. The molecule has 3 amide bonds. The molecule has 0 aliphatic carbocycles. The molecule has 4 aromatic rings. The molecule has 222 valence electrons. The van der Waals surface area contributed by atoms with E-state index in [1.54, 1.807) is 98.1 Å². The Morgan fingerprint density at radius 2 is 1.68 bits per heavy atom. The molecule has 0 unspecified atom stereocenters. The van der Waals surface area contributed by atoms with Gasteiger partial charge in [-0.05, 0) is 71.8 Å². The summed E-state index contributed by atoms with van der Waals surface area (Å²) in [5, 5.41) is 3.41. The lowest BCUT2D eigenvalue weighted by atomic mass is 10.0. The molecule has 2 aliphatic heterocycles. The van der Waals surface area contributed by atoms with Crippen molar-refractivity contribution in [2.75, 3.05) is 30.7 Å². The molecule has 11 heteroatoms. The van der Waals surface area contributed by atoms with Gasteiger partial charge in [-0.2, -0.15) is 0 Å². The van der Waals surface area contributed by atoms with Gasteiger partial charge < -0.3 is 24.4 Å². The van der Waals surface area contributed by atoms with Gasteiger partial charge in [0.15, 0.2) is 11.5 Å². The summed E-state index contributed by atoms with van der Waals surface area (Å²) in [5.41, 5.74) is 2.18. The summed E-state index contributed by atoms with van der Waals surface area (Å²) in [5.74, 6) is -1.03. The number of Topliss-reactive ketones (excluding diaryl/α,β-unsaturated/α-hetero) is 1. The molecule has 0 saturated heterocycles. The van der Waals surface area contributed by atoms with Crippen LogP contribution in [0.3, 0.4) is 0 Å². The summed E-state index contributed by atoms with van der Waals surface area (Å²) in [4.78, 5) is 56.6. The quantitative estimate of drug-likeness (QED) is 0.265. The van der Waals surface area contributed by atoms with Crippen molar-refractivity contribution in [3.05, 3.63) is 113 Å². The Hall–Kier alpha value is -5.35. The van der Waals surface area contributed by atoms with Crippen LogP contribution in [0.15, 0.2) is 91.0 Å². The minimum Gasteiger partial charge on any atom is -0.497 e. The third-order valence-corrected chi connectivity index (χ3v) is 7.64. The Balaban J connectivity index is 1.40. The number of ketones is 1. The van der Waals surface area contributed by atoms with Crippen LogP contribution in [-0.2, 0) is 20.9 Å². The number of hydrogen-bond donors (Lipinski definition) is 1. The summed E-state index contributed by atoms with van der Waals surface area (Å²) in [6.07, 6.45) is 0. The molecule has 2 aliphatic rings. The third kappa shape index (κ3) is 5.67. The van der Waals surface area contributed by atoms with E-state index in [2.05, 4.69) is 5.32 Å². The first-order valence-corrected chi connectivity index (χ1v) is 14.0. The van der Waals surface area contributed by atoms with Crippen molar-refractivity contribution in [3.63, 3.8) is 0 Å². The predicted molar refractivity (Wildman–Crippen MR) is 162 cm³/mol. The van der Waals surface area contributed by atoms with Crippen molar-refractivity contribution in [1.29, 1.82) is 0 Å². The van der Waals surface area contributed by atoms with E-state index in [1.165, 1.54) is 4.90 Å². The van der Waals surface area contributed by atoms with Crippen LogP contribution in [-0.4, -0.2) is 48.9 Å². The lowest BCUT2D eigenvalue weighted by Crippen LogP contribution is -2.46. The van der Waals surface area contributed by atoms with Gasteiger partial charge in [0.1, 0.15) is 18.3 Å². The highest BCUT2D eigenvalue weighted by Crippen LogP contribution is 2.37. The zero-order chi connectivity index (χ0) is 30.8. The maximum absolute atomic E-state index is 14.3. The molecule has 0 spiro atoms. The first-order chi connectivity index (χ1) is 21.3. The number of anilines is 2. The molecule has 0 bridgehead atoms. The van der Waals surface area contributed by atoms with Crippen molar-refractivity contribution in [2.45, 2.75) is 12.6 Å². The molecule has 6 rings (SSSR count). The number of benzene rings is 4. The van der Waals surface area contributed by atoms with E-state index >= 15 is 0 Å². The van der Waals surface area contributed by atoms with Crippen LogP contribution in [0.2, 0.25) is 5.02 Å². The Morgan fingerprint density at radius 3 is 2.43 bits per heavy atom. The zero-order valence-electron chi connectivity index (χ0n) is 23.5. The van der Waals surface area contributed by atoms with E-state index in [9.17, 15) is 19.2 Å². The van der Waals surface area contributed by atoms with Crippen molar-refractivity contribution >= 4 is 46.5 Å². The fourth-order valence-corrected chi connectivity index (χ4v) is 5.31. The van der Waals surface area contributed by atoms with E-state index in [-0.39, 0.29) is 18.9 Å². The second-order valence-corrected chi connectivity index (χ2v) is 10.6. The average Bonchev–Trinajstić information content (AvgIpc) is 3.60. The van der Waals surface area contributed by atoms with Crippen LogP contribution in [0, 0.1) is 0 Å². The van der Waals surface area contributed by atoms with Crippen LogP contribution < -0.4 is 24.4 Å². The fourth-order valence-electron chi connectivity index (χ4n) is 5.18. The van der Waals surface area contributed by atoms with Crippen molar-refractivity contribution in [3.8, 4) is 17.2 Å². The number of nitrogens with zero attached hydrogens (tertiary/aromatic N) is 2. The number of hydrogen-bond acceptors (Lipinski definition) is 7. The monoisotopic (exact) mass is 611 g/mol. The summed E-state index contributed by atoms with van der Waals surface area (Å²) in [6, 6.07) is 24.0. The van der Waals surface area contributed by atoms with E-state index < -0.39 is 36.1 Å². The van der Waals surface area contributed by atoms with Crippen LogP contribution in [0.4, 0.5) is 11.4 Å². The Bertz CT molecular complexity index is 1760. The number of ether oxygens (including phenoxy) is 3. The van der Waals surface area contributed by atoms with Gasteiger partial charge in [0, 0.05) is 17.3 Å². The maximum atomic E-state index is 14.3. The summed E-state index contributed by atoms with van der Waals surface area (Å²) >= 11 is 6.12. The predicted octanol–water partition coefficient (Wildman–Crippen LogP) is 5.02. The molecular formula is C33H26ClN3O7. The number of nitrogens with one attached hydrogen (secondary N) is 1. The molecule has 10 nitrogen and oxygen atoms in total. The molecular weight excluding hydrogens is 586 g/mol. The van der Waals surface area contributed by atoms with E-state index in [0.717, 1.165) is 4.90 Å².